The van der Waals surface area contributed by atoms with E-state index in [4.69, 9.17) is 5.26 Å². The predicted molar refractivity (Wildman–Crippen MR) is 78.7 cm³/mol. The Morgan fingerprint density at radius 1 is 1.15 bits per heavy atom. The molecule has 1 fully saturated rings. The molecule has 2 heterocycles. The SMILES string of the molecule is N#Cc1ccc(-c2cccc(N3CCCC3)c2)[nH]c1=O. The van der Waals surface area contributed by atoms with Crippen molar-refractivity contribution in [3.63, 3.8) is 0 Å². The van der Waals surface area contributed by atoms with E-state index in [0.717, 1.165) is 24.3 Å². The topological polar surface area (TPSA) is 59.9 Å². The maximum absolute atomic E-state index is 11.7. The van der Waals surface area contributed by atoms with Crippen LogP contribution in [0.5, 0.6) is 0 Å². The molecule has 3 rings (SSSR count). The molecule has 4 nitrogen and oxygen atoms in total. The van der Waals surface area contributed by atoms with Gasteiger partial charge in [-0.25, -0.2) is 0 Å². The highest BCUT2D eigenvalue weighted by molar-refractivity contribution is 5.66. The van der Waals surface area contributed by atoms with Crippen molar-refractivity contribution < 1.29 is 0 Å². The Kier molecular flexibility index (Phi) is 3.26. The number of nitrogens with zero attached hydrogens (tertiary/aromatic N) is 2. The van der Waals surface area contributed by atoms with E-state index in [2.05, 4.69) is 22.0 Å². The average molecular weight is 265 g/mol. The summed E-state index contributed by atoms with van der Waals surface area (Å²) in [5, 5.41) is 8.79. The van der Waals surface area contributed by atoms with Crippen LogP contribution in [0, 0.1) is 11.3 Å². The summed E-state index contributed by atoms with van der Waals surface area (Å²) in [6.45, 7) is 2.18. The molecule has 2 aromatic rings. The number of benzene rings is 1. The molecule has 0 atom stereocenters. The molecule has 1 aliphatic rings. The van der Waals surface area contributed by atoms with Crippen LogP contribution in [0.2, 0.25) is 0 Å². The van der Waals surface area contributed by atoms with Gasteiger partial charge in [-0.1, -0.05) is 12.1 Å². The van der Waals surface area contributed by atoms with E-state index in [-0.39, 0.29) is 11.1 Å². The molecule has 0 unspecified atom stereocenters. The number of rotatable bonds is 2. The first-order valence-electron chi connectivity index (χ1n) is 6.77. The third-order valence-corrected chi connectivity index (χ3v) is 3.66. The second kappa shape index (κ2) is 5.22. The van der Waals surface area contributed by atoms with Crippen LogP contribution in [0.3, 0.4) is 0 Å². The van der Waals surface area contributed by atoms with Gasteiger partial charge in [-0.05, 0) is 37.1 Å². The smallest absolute Gasteiger partial charge is 0.266 e. The summed E-state index contributed by atoms with van der Waals surface area (Å²) in [7, 11) is 0. The van der Waals surface area contributed by atoms with Crippen molar-refractivity contribution >= 4 is 5.69 Å². The first-order chi connectivity index (χ1) is 9.78. The number of aromatic nitrogens is 1. The Labute approximate surface area is 117 Å². The molecule has 20 heavy (non-hydrogen) atoms. The molecule has 100 valence electrons. The van der Waals surface area contributed by atoms with Gasteiger partial charge in [0.05, 0.1) is 0 Å². The normalized spacial score (nSPS) is 14.2. The van der Waals surface area contributed by atoms with E-state index in [1.165, 1.54) is 18.5 Å². The summed E-state index contributed by atoms with van der Waals surface area (Å²) in [5.41, 5.74) is 2.71. The van der Waals surface area contributed by atoms with Crippen LogP contribution < -0.4 is 10.5 Å². The van der Waals surface area contributed by atoms with Crippen LogP contribution in [0.15, 0.2) is 41.2 Å². The molecule has 0 radical (unpaired) electrons. The summed E-state index contributed by atoms with van der Waals surface area (Å²) in [6.07, 6.45) is 2.47. The highest BCUT2D eigenvalue weighted by Crippen LogP contribution is 2.25. The van der Waals surface area contributed by atoms with Crippen LogP contribution in [0.1, 0.15) is 18.4 Å². The van der Waals surface area contributed by atoms with E-state index in [1.54, 1.807) is 12.1 Å². The maximum atomic E-state index is 11.7. The minimum absolute atomic E-state index is 0.143. The van der Waals surface area contributed by atoms with Crippen molar-refractivity contribution in [3.05, 3.63) is 52.3 Å². The molecule has 1 saturated heterocycles. The van der Waals surface area contributed by atoms with Gasteiger partial charge < -0.3 is 9.88 Å². The van der Waals surface area contributed by atoms with Crippen molar-refractivity contribution in [2.24, 2.45) is 0 Å². The summed E-state index contributed by atoms with van der Waals surface area (Å²) in [5.74, 6) is 0. The molecule has 0 saturated carbocycles. The number of nitrogens with one attached hydrogen (secondary N) is 1. The number of hydrogen-bond acceptors (Lipinski definition) is 3. The molecule has 1 N–H and O–H groups in total. The molecule has 0 bridgehead atoms. The van der Waals surface area contributed by atoms with Crippen molar-refractivity contribution in [3.8, 4) is 17.3 Å². The van der Waals surface area contributed by atoms with E-state index < -0.39 is 0 Å². The van der Waals surface area contributed by atoms with Gasteiger partial charge in [-0.15, -0.1) is 0 Å². The molecule has 1 aromatic carbocycles. The molecule has 1 aromatic heterocycles. The Morgan fingerprint density at radius 2 is 1.95 bits per heavy atom. The third kappa shape index (κ3) is 2.30. The number of H-pyrrole nitrogens is 1. The van der Waals surface area contributed by atoms with Gasteiger partial charge in [-0.2, -0.15) is 5.26 Å². The summed E-state index contributed by atoms with van der Waals surface area (Å²) in [4.78, 5) is 16.8. The number of nitriles is 1. The zero-order valence-corrected chi connectivity index (χ0v) is 11.1. The monoisotopic (exact) mass is 265 g/mol. The number of anilines is 1. The lowest BCUT2D eigenvalue weighted by Gasteiger charge is -2.18. The second-order valence-electron chi connectivity index (χ2n) is 4.97. The first-order valence-corrected chi connectivity index (χ1v) is 6.77. The predicted octanol–water partition coefficient (Wildman–Crippen LogP) is 2.51. The quantitative estimate of drug-likeness (QED) is 0.907. The lowest BCUT2D eigenvalue weighted by molar-refractivity contribution is 0.949. The minimum Gasteiger partial charge on any atom is -0.372 e. The lowest BCUT2D eigenvalue weighted by Crippen LogP contribution is -2.17. The molecule has 0 spiro atoms. The molecular weight excluding hydrogens is 250 g/mol. The van der Waals surface area contributed by atoms with Crippen molar-refractivity contribution in [1.82, 2.24) is 4.98 Å². The Morgan fingerprint density at radius 3 is 2.65 bits per heavy atom. The lowest BCUT2D eigenvalue weighted by atomic mass is 10.1. The Bertz CT molecular complexity index is 721. The van der Waals surface area contributed by atoms with E-state index in [0.29, 0.717) is 0 Å². The van der Waals surface area contributed by atoms with Gasteiger partial charge in [0.25, 0.3) is 5.56 Å². The molecular formula is C16H15N3O. The Balaban J connectivity index is 1.98. The number of pyridine rings is 1. The van der Waals surface area contributed by atoms with Gasteiger partial charge in [-0.3, -0.25) is 4.79 Å². The average Bonchev–Trinajstić information content (AvgIpc) is 3.01. The first kappa shape index (κ1) is 12.5. The van der Waals surface area contributed by atoms with E-state index in [1.807, 2.05) is 18.2 Å². The van der Waals surface area contributed by atoms with Crippen LogP contribution >= 0.6 is 0 Å². The highest BCUT2D eigenvalue weighted by atomic mass is 16.1. The Hall–Kier alpha value is -2.54. The van der Waals surface area contributed by atoms with Gasteiger partial charge in [0.15, 0.2) is 0 Å². The number of hydrogen-bond donors (Lipinski definition) is 1. The fourth-order valence-electron chi connectivity index (χ4n) is 2.58. The standard InChI is InChI=1S/C16H15N3O/c17-11-13-6-7-15(18-16(13)20)12-4-3-5-14(10-12)19-8-1-2-9-19/h3-7,10H,1-2,8-9H2,(H,18,20). The van der Waals surface area contributed by atoms with Crippen molar-refractivity contribution in [2.75, 3.05) is 18.0 Å². The second-order valence-corrected chi connectivity index (χ2v) is 4.97. The molecule has 1 aliphatic heterocycles. The van der Waals surface area contributed by atoms with E-state index in [9.17, 15) is 4.79 Å². The van der Waals surface area contributed by atoms with Crippen LogP contribution in [-0.4, -0.2) is 18.1 Å². The van der Waals surface area contributed by atoms with Crippen LogP contribution in [0.4, 0.5) is 5.69 Å². The molecule has 0 amide bonds. The fourth-order valence-corrected chi connectivity index (χ4v) is 2.58. The zero-order valence-electron chi connectivity index (χ0n) is 11.1. The molecule has 4 heteroatoms. The largest absolute Gasteiger partial charge is 0.372 e. The summed E-state index contributed by atoms with van der Waals surface area (Å²) >= 11 is 0. The maximum Gasteiger partial charge on any atom is 0.266 e. The summed E-state index contributed by atoms with van der Waals surface area (Å²) < 4.78 is 0. The third-order valence-electron chi connectivity index (χ3n) is 3.66. The zero-order chi connectivity index (χ0) is 13.9. The van der Waals surface area contributed by atoms with Crippen molar-refractivity contribution in [1.29, 1.82) is 5.26 Å². The van der Waals surface area contributed by atoms with E-state index >= 15 is 0 Å². The van der Waals surface area contributed by atoms with Gasteiger partial charge in [0.2, 0.25) is 0 Å². The highest BCUT2D eigenvalue weighted by Gasteiger charge is 2.13. The fraction of sp³-hybridized carbons (Fsp3) is 0.250. The summed E-state index contributed by atoms with van der Waals surface area (Å²) in [6, 6.07) is 13.4. The van der Waals surface area contributed by atoms with Crippen LogP contribution in [-0.2, 0) is 0 Å². The van der Waals surface area contributed by atoms with Gasteiger partial charge in [0, 0.05) is 30.0 Å². The van der Waals surface area contributed by atoms with Gasteiger partial charge >= 0.3 is 0 Å². The van der Waals surface area contributed by atoms with Crippen LogP contribution in [0.25, 0.3) is 11.3 Å². The van der Waals surface area contributed by atoms with Crippen molar-refractivity contribution in [2.45, 2.75) is 12.8 Å². The molecule has 0 aliphatic carbocycles. The van der Waals surface area contributed by atoms with Gasteiger partial charge in [0.1, 0.15) is 11.6 Å². The number of aromatic amines is 1. The minimum atomic E-state index is -0.337.